The highest BCUT2D eigenvalue weighted by Gasteiger charge is 2.48. The van der Waals surface area contributed by atoms with Gasteiger partial charge in [0.15, 0.2) is 0 Å². The Morgan fingerprint density at radius 1 is 1.35 bits per heavy atom. The molecular formula is C13H21F2NO. The van der Waals surface area contributed by atoms with Gasteiger partial charge in [0.2, 0.25) is 5.91 Å². The van der Waals surface area contributed by atoms with E-state index < -0.39 is 11.8 Å². The number of alkyl halides is 2. The molecule has 0 aromatic rings. The second kappa shape index (κ2) is 4.21. The summed E-state index contributed by atoms with van der Waals surface area (Å²) in [6.07, 6.45) is -0.326. The quantitative estimate of drug-likeness (QED) is 0.732. The topological polar surface area (TPSA) is 20.3 Å². The molecule has 1 amide bonds. The smallest absolute Gasteiger partial charge is 0.226 e. The average Bonchev–Trinajstić information content (AvgIpc) is 2.55. The van der Waals surface area contributed by atoms with Crippen molar-refractivity contribution >= 4 is 5.91 Å². The molecule has 1 unspecified atom stereocenters. The van der Waals surface area contributed by atoms with Crippen LogP contribution in [0.15, 0.2) is 0 Å². The van der Waals surface area contributed by atoms with Crippen LogP contribution in [0.3, 0.4) is 0 Å². The summed E-state index contributed by atoms with van der Waals surface area (Å²) in [5, 5.41) is 0. The van der Waals surface area contributed by atoms with Crippen molar-refractivity contribution in [2.45, 2.75) is 45.5 Å². The first kappa shape index (κ1) is 12.8. The Balaban J connectivity index is 1.90. The minimum absolute atomic E-state index is 0.0501. The molecule has 0 spiro atoms. The number of rotatable bonds is 2. The Labute approximate surface area is 101 Å². The molecule has 0 aromatic heterocycles. The maximum atomic E-state index is 13.7. The summed E-state index contributed by atoms with van der Waals surface area (Å²) in [6, 6.07) is 0. The summed E-state index contributed by atoms with van der Waals surface area (Å²) in [4.78, 5) is 13.6. The van der Waals surface area contributed by atoms with E-state index in [2.05, 4.69) is 0 Å². The summed E-state index contributed by atoms with van der Waals surface area (Å²) in [5.41, 5.74) is -1.19. The zero-order valence-corrected chi connectivity index (χ0v) is 10.7. The molecule has 1 aliphatic heterocycles. The van der Waals surface area contributed by atoms with Crippen molar-refractivity contribution in [2.75, 3.05) is 13.1 Å². The van der Waals surface area contributed by atoms with Crippen LogP contribution in [0, 0.1) is 17.8 Å². The lowest BCUT2D eigenvalue weighted by Crippen LogP contribution is -2.47. The second-order valence-corrected chi connectivity index (χ2v) is 6.19. The third-order valence-corrected chi connectivity index (χ3v) is 4.15. The molecule has 2 rings (SSSR count). The van der Waals surface area contributed by atoms with Crippen LogP contribution in [0.2, 0.25) is 0 Å². The molecule has 1 saturated heterocycles. The summed E-state index contributed by atoms with van der Waals surface area (Å²) >= 11 is 0. The molecule has 4 heteroatoms. The minimum atomic E-state index is -1.19. The lowest BCUT2D eigenvalue weighted by Gasteiger charge is -2.39. The third-order valence-electron chi connectivity index (χ3n) is 4.15. The largest absolute Gasteiger partial charge is 0.339 e. The van der Waals surface area contributed by atoms with E-state index in [1.807, 2.05) is 13.8 Å². The SMILES string of the molecule is CC(C)[C@@H]1CN(C(=O)C2CC(C)(F)C2)CC1F. The Kier molecular flexibility index (Phi) is 3.17. The number of nitrogens with zero attached hydrogens (tertiary/aromatic N) is 1. The predicted octanol–water partition coefficient (Wildman–Crippen LogP) is 2.58. The summed E-state index contributed by atoms with van der Waals surface area (Å²) < 4.78 is 27.1. The summed E-state index contributed by atoms with van der Waals surface area (Å²) in [5.74, 6) is -0.0829. The van der Waals surface area contributed by atoms with Crippen molar-refractivity contribution in [3.05, 3.63) is 0 Å². The number of likely N-dealkylation sites (tertiary alicyclic amines) is 1. The highest BCUT2D eigenvalue weighted by atomic mass is 19.1. The van der Waals surface area contributed by atoms with Crippen molar-refractivity contribution in [1.82, 2.24) is 4.90 Å². The lowest BCUT2D eigenvalue weighted by atomic mass is 9.73. The first-order valence-electron chi connectivity index (χ1n) is 6.42. The van der Waals surface area contributed by atoms with Crippen molar-refractivity contribution in [3.63, 3.8) is 0 Å². The number of hydrogen-bond acceptors (Lipinski definition) is 1. The maximum Gasteiger partial charge on any atom is 0.226 e. The third kappa shape index (κ3) is 2.45. The molecule has 1 saturated carbocycles. The van der Waals surface area contributed by atoms with Crippen molar-refractivity contribution < 1.29 is 13.6 Å². The molecule has 2 fully saturated rings. The fourth-order valence-electron chi connectivity index (χ4n) is 3.00. The van der Waals surface area contributed by atoms with Gasteiger partial charge in [-0.15, -0.1) is 0 Å². The van der Waals surface area contributed by atoms with Crippen LogP contribution in [-0.4, -0.2) is 35.7 Å². The van der Waals surface area contributed by atoms with Gasteiger partial charge in [-0.25, -0.2) is 8.78 Å². The summed E-state index contributed by atoms with van der Waals surface area (Å²) in [7, 11) is 0. The second-order valence-electron chi connectivity index (χ2n) is 6.19. The number of amides is 1. The highest BCUT2D eigenvalue weighted by molar-refractivity contribution is 5.80. The van der Waals surface area contributed by atoms with Crippen LogP contribution < -0.4 is 0 Å². The monoisotopic (exact) mass is 245 g/mol. The molecule has 0 aromatic carbocycles. The lowest BCUT2D eigenvalue weighted by molar-refractivity contribution is -0.143. The van der Waals surface area contributed by atoms with Crippen LogP contribution in [0.4, 0.5) is 8.78 Å². The van der Waals surface area contributed by atoms with Gasteiger partial charge >= 0.3 is 0 Å². The van der Waals surface area contributed by atoms with E-state index in [1.165, 1.54) is 6.92 Å². The van der Waals surface area contributed by atoms with E-state index in [0.717, 1.165) is 0 Å². The average molecular weight is 245 g/mol. The molecular weight excluding hydrogens is 224 g/mol. The van der Waals surface area contributed by atoms with Crippen molar-refractivity contribution in [3.8, 4) is 0 Å². The Morgan fingerprint density at radius 3 is 2.35 bits per heavy atom. The molecule has 17 heavy (non-hydrogen) atoms. The van der Waals surface area contributed by atoms with Gasteiger partial charge in [0, 0.05) is 18.4 Å². The summed E-state index contributed by atoms with van der Waals surface area (Å²) in [6.45, 7) is 6.17. The first-order chi connectivity index (χ1) is 7.80. The van der Waals surface area contributed by atoms with E-state index in [4.69, 9.17) is 0 Å². The standard InChI is InChI=1S/C13H21F2NO/c1-8(2)10-6-16(7-11(10)14)12(17)9-4-13(3,15)5-9/h8-11H,4-7H2,1-3H3/t9?,10-,11?,13?/m0/s1. The molecule has 0 bridgehead atoms. The van der Waals surface area contributed by atoms with E-state index >= 15 is 0 Å². The van der Waals surface area contributed by atoms with E-state index in [1.54, 1.807) is 4.90 Å². The first-order valence-corrected chi connectivity index (χ1v) is 6.42. The van der Waals surface area contributed by atoms with Gasteiger partial charge in [0.1, 0.15) is 11.8 Å². The zero-order valence-electron chi connectivity index (χ0n) is 10.7. The van der Waals surface area contributed by atoms with Crippen molar-refractivity contribution in [2.24, 2.45) is 17.8 Å². The van der Waals surface area contributed by atoms with Gasteiger partial charge in [0.05, 0.1) is 6.54 Å². The number of carbonyl (C=O) groups excluding carboxylic acids is 1. The molecule has 2 nitrogen and oxygen atoms in total. The normalized spacial score (nSPS) is 41.8. The maximum absolute atomic E-state index is 13.7. The molecule has 2 atom stereocenters. The molecule has 1 heterocycles. The Bertz CT molecular complexity index is 309. The molecule has 2 aliphatic rings. The number of carbonyl (C=O) groups is 1. The van der Waals surface area contributed by atoms with Gasteiger partial charge in [-0.05, 0) is 25.7 Å². The van der Waals surface area contributed by atoms with Crippen LogP contribution in [0.5, 0.6) is 0 Å². The predicted molar refractivity (Wildman–Crippen MR) is 62.0 cm³/mol. The number of hydrogen-bond donors (Lipinski definition) is 0. The molecule has 0 radical (unpaired) electrons. The zero-order chi connectivity index (χ0) is 12.8. The Morgan fingerprint density at radius 2 is 1.94 bits per heavy atom. The minimum Gasteiger partial charge on any atom is -0.339 e. The molecule has 98 valence electrons. The number of halogens is 2. The van der Waals surface area contributed by atoms with Crippen LogP contribution >= 0.6 is 0 Å². The van der Waals surface area contributed by atoms with Gasteiger partial charge in [-0.2, -0.15) is 0 Å². The fraction of sp³-hybridized carbons (Fsp3) is 0.923. The van der Waals surface area contributed by atoms with E-state index in [9.17, 15) is 13.6 Å². The van der Waals surface area contributed by atoms with Crippen molar-refractivity contribution in [1.29, 1.82) is 0 Å². The highest BCUT2D eigenvalue weighted by Crippen LogP contribution is 2.42. The fourth-order valence-corrected chi connectivity index (χ4v) is 3.00. The Hall–Kier alpha value is -0.670. The molecule has 1 aliphatic carbocycles. The van der Waals surface area contributed by atoms with Gasteiger partial charge in [0.25, 0.3) is 0 Å². The van der Waals surface area contributed by atoms with E-state index in [-0.39, 0.29) is 30.2 Å². The van der Waals surface area contributed by atoms with E-state index in [0.29, 0.717) is 19.4 Å². The van der Waals surface area contributed by atoms with Crippen LogP contribution in [-0.2, 0) is 4.79 Å². The van der Waals surface area contributed by atoms with Crippen LogP contribution in [0.25, 0.3) is 0 Å². The van der Waals surface area contributed by atoms with Gasteiger partial charge < -0.3 is 4.90 Å². The van der Waals surface area contributed by atoms with Gasteiger partial charge in [-0.1, -0.05) is 13.8 Å². The van der Waals surface area contributed by atoms with Gasteiger partial charge in [-0.3, -0.25) is 4.79 Å². The van der Waals surface area contributed by atoms with Crippen LogP contribution in [0.1, 0.15) is 33.6 Å². The molecule has 0 N–H and O–H groups in total.